The van der Waals surface area contributed by atoms with E-state index in [1.165, 1.54) is 0 Å². The molecule has 1 heterocycles. The van der Waals surface area contributed by atoms with Gasteiger partial charge in [0.15, 0.2) is 0 Å². The number of amides is 1. The Morgan fingerprint density at radius 2 is 1.71 bits per heavy atom. The van der Waals surface area contributed by atoms with Crippen molar-refractivity contribution in [2.45, 2.75) is 27.3 Å². The molecule has 2 aromatic carbocycles. The van der Waals surface area contributed by atoms with Crippen LogP contribution in [0.5, 0.6) is 0 Å². The van der Waals surface area contributed by atoms with Crippen molar-refractivity contribution < 1.29 is 4.79 Å². The first kappa shape index (κ1) is 16.0. The van der Waals surface area contributed by atoms with Crippen molar-refractivity contribution in [1.29, 1.82) is 0 Å². The molecule has 1 N–H and O–H groups in total. The molecule has 3 rings (SSSR count). The molecule has 0 bridgehead atoms. The summed E-state index contributed by atoms with van der Waals surface area (Å²) < 4.78 is 2.08. The predicted molar refractivity (Wildman–Crippen MR) is 96.4 cm³/mol. The average molecular weight is 319 g/mol. The number of nitrogens with zero attached hydrogens (tertiary/aromatic N) is 2. The van der Waals surface area contributed by atoms with Crippen molar-refractivity contribution in [1.82, 2.24) is 9.55 Å². The normalized spacial score (nSPS) is 10.6. The third-order valence-corrected chi connectivity index (χ3v) is 4.21. The van der Waals surface area contributed by atoms with Crippen LogP contribution < -0.4 is 5.32 Å². The molecule has 4 nitrogen and oxygen atoms in total. The first-order valence-corrected chi connectivity index (χ1v) is 7.99. The van der Waals surface area contributed by atoms with Gasteiger partial charge < -0.3 is 9.88 Å². The molecule has 0 spiro atoms. The van der Waals surface area contributed by atoms with Crippen LogP contribution in [0.2, 0.25) is 0 Å². The second-order valence-corrected chi connectivity index (χ2v) is 6.02. The Labute approximate surface area is 142 Å². The molecule has 122 valence electrons. The molecule has 3 aromatic rings. The molecule has 0 atom stereocenters. The number of carbonyl (C=O) groups is 1. The summed E-state index contributed by atoms with van der Waals surface area (Å²) in [6, 6.07) is 13.7. The van der Waals surface area contributed by atoms with Gasteiger partial charge in [-0.2, -0.15) is 0 Å². The molecule has 0 aliphatic rings. The summed E-state index contributed by atoms with van der Waals surface area (Å²) in [6.07, 6.45) is 3.75. The first-order valence-electron chi connectivity index (χ1n) is 7.99. The number of anilines is 1. The van der Waals surface area contributed by atoms with Crippen molar-refractivity contribution in [2.75, 3.05) is 5.32 Å². The maximum Gasteiger partial charge on any atom is 0.255 e. The molecule has 0 fully saturated rings. The summed E-state index contributed by atoms with van der Waals surface area (Å²) in [7, 11) is 0. The fraction of sp³-hybridized carbons (Fsp3) is 0.200. The van der Waals surface area contributed by atoms with Gasteiger partial charge in [-0.05, 0) is 49.6 Å². The van der Waals surface area contributed by atoms with Gasteiger partial charge in [0, 0.05) is 30.2 Å². The monoisotopic (exact) mass is 319 g/mol. The minimum Gasteiger partial charge on any atom is -0.331 e. The van der Waals surface area contributed by atoms with Gasteiger partial charge in [0.1, 0.15) is 5.82 Å². The lowest BCUT2D eigenvalue weighted by Gasteiger charge is -2.12. The smallest absolute Gasteiger partial charge is 0.255 e. The van der Waals surface area contributed by atoms with E-state index >= 15 is 0 Å². The summed E-state index contributed by atoms with van der Waals surface area (Å²) in [5.74, 6) is 0.893. The number of hydrogen-bond donors (Lipinski definition) is 1. The Hall–Kier alpha value is -2.88. The second-order valence-electron chi connectivity index (χ2n) is 6.02. The summed E-state index contributed by atoms with van der Waals surface area (Å²) in [6.45, 7) is 6.73. The molecule has 0 aliphatic carbocycles. The molecule has 0 unspecified atom stereocenters. The lowest BCUT2D eigenvalue weighted by atomic mass is 10.1. The highest BCUT2D eigenvalue weighted by Crippen LogP contribution is 2.20. The highest BCUT2D eigenvalue weighted by atomic mass is 16.1. The van der Waals surface area contributed by atoms with Crippen LogP contribution in [0.25, 0.3) is 0 Å². The zero-order valence-corrected chi connectivity index (χ0v) is 14.2. The van der Waals surface area contributed by atoms with E-state index < -0.39 is 0 Å². The van der Waals surface area contributed by atoms with Gasteiger partial charge in [0.2, 0.25) is 0 Å². The zero-order valence-electron chi connectivity index (χ0n) is 14.2. The number of imidazole rings is 1. The van der Waals surface area contributed by atoms with Crippen molar-refractivity contribution >= 4 is 11.6 Å². The Kier molecular flexibility index (Phi) is 4.47. The van der Waals surface area contributed by atoms with Crippen LogP contribution in [0.15, 0.2) is 54.9 Å². The van der Waals surface area contributed by atoms with Gasteiger partial charge in [-0.1, -0.05) is 30.3 Å². The standard InChI is InChI=1S/C20H21N3O/c1-14-5-4-6-15(2)19(14)22-20(24)18-9-7-17(8-10-18)13-23-12-11-21-16(23)3/h4-12H,13H2,1-3H3,(H,22,24). The fourth-order valence-electron chi connectivity index (χ4n) is 2.73. The molecule has 24 heavy (non-hydrogen) atoms. The van der Waals surface area contributed by atoms with Crippen LogP contribution in [0, 0.1) is 20.8 Å². The summed E-state index contributed by atoms with van der Waals surface area (Å²) in [5, 5.41) is 3.01. The number of para-hydroxylation sites is 1. The highest BCUT2D eigenvalue weighted by Gasteiger charge is 2.09. The number of hydrogen-bond acceptors (Lipinski definition) is 2. The summed E-state index contributed by atoms with van der Waals surface area (Å²) in [5.41, 5.74) is 4.82. The largest absolute Gasteiger partial charge is 0.331 e. The summed E-state index contributed by atoms with van der Waals surface area (Å²) >= 11 is 0. The van der Waals surface area contributed by atoms with Crippen molar-refractivity contribution in [3.63, 3.8) is 0 Å². The van der Waals surface area contributed by atoms with E-state index in [1.54, 1.807) is 6.20 Å². The fourth-order valence-corrected chi connectivity index (χ4v) is 2.73. The lowest BCUT2D eigenvalue weighted by molar-refractivity contribution is 0.102. The summed E-state index contributed by atoms with van der Waals surface area (Å²) in [4.78, 5) is 16.7. The van der Waals surface area contributed by atoms with E-state index in [1.807, 2.05) is 69.4 Å². The van der Waals surface area contributed by atoms with Crippen LogP contribution in [-0.4, -0.2) is 15.5 Å². The van der Waals surface area contributed by atoms with Gasteiger partial charge in [0.05, 0.1) is 0 Å². The van der Waals surface area contributed by atoms with E-state index in [-0.39, 0.29) is 5.91 Å². The minimum absolute atomic E-state index is 0.0854. The topological polar surface area (TPSA) is 46.9 Å². The molecular formula is C20H21N3O. The number of nitrogens with one attached hydrogen (secondary N) is 1. The lowest BCUT2D eigenvalue weighted by Crippen LogP contribution is -2.14. The number of aryl methyl sites for hydroxylation is 3. The average Bonchev–Trinajstić information content (AvgIpc) is 2.97. The Bertz CT molecular complexity index is 843. The highest BCUT2D eigenvalue weighted by molar-refractivity contribution is 6.05. The molecule has 1 amide bonds. The van der Waals surface area contributed by atoms with Gasteiger partial charge >= 0.3 is 0 Å². The number of rotatable bonds is 4. The molecule has 0 saturated heterocycles. The molecule has 0 radical (unpaired) electrons. The Morgan fingerprint density at radius 3 is 2.29 bits per heavy atom. The first-order chi connectivity index (χ1) is 11.5. The molecule has 0 aliphatic heterocycles. The van der Waals surface area contributed by atoms with E-state index in [0.29, 0.717) is 5.56 Å². The van der Waals surface area contributed by atoms with Crippen LogP contribution >= 0.6 is 0 Å². The van der Waals surface area contributed by atoms with Gasteiger partial charge in [-0.15, -0.1) is 0 Å². The van der Waals surface area contributed by atoms with Crippen molar-refractivity contribution in [3.05, 3.63) is 82.9 Å². The third-order valence-electron chi connectivity index (χ3n) is 4.21. The maximum absolute atomic E-state index is 12.5. The Balaban J connectivity index is 1.73. The van der Waals surface area contributed by atoms with Gasteiger partial charge in [-0.3, -0.25) is 4.79 Å². The number of carbonyl (C=O) groups excluding carboxylic acids is 1. The van der Waals surface area contributed by atoms with Crippen LogP contribution in [0.1, 0.15) is 32.9 Å². The minimum atomic E-state index is -0.0854. The zero-order chi connectivity index (χ0) is 17.1. The predicted octanol–water partition coefficient (Wildman–Crippen LogP) is 4.11. The molecule has 1 aromatic heterocycles. The SMILES string of the molecule is Cc1cccc(C)c1NC(=O)c1ccc(Cn2ccnc2C)cc1. The molecule has 4 heteroatoms. The molecular weight excluding hydrogens is 298 g/mol. The third kappa shape index (κ3) is 3.38. The molecule has 0 saturated carbocycles. The van der Waals surface area contributed by atoms with Crippen LogP contribution in [-0.2, 0) is 6.54 Å². The van der Waals surface area contributed by atoms with E-state index in [9.17, 15) is 4.79 Å². The van der Waals surface area contributed by atoms with Crippen molar-refractivity contribution in [3.8, 4) is 0 Å². The second kappa shape index (κ2) is 6.71. The van der Waals surface area contributed by atoms with Gasteiger partial charge in [-0.25, -0.2) is 4.98 Å². The van der Waals surface area contributed by atoms with Crippen LogP contribution in [0.4, 0.5) is 5.69 Å². The number of aromatic nitrogens is 2. The maximum atomic E-state index is 12.5. The number of benzene rings is 2. The van der Waals surface area contributed by atoms with E-state index in [4.69, 9.17) is 0 Å². The van der Waals surface area contributed by atoms with Crippen molar-refractivity contribution in [2.24, 2.45) is 0 Å². The van der Waals surface area contributed by atoms with Crippen LogP contribution in [0.3, 0.4) is 0 Å². The van der Waals surface area contributed by atoms with E-state index in [2.05, 4.69) is 14.9 Å². The van der Waals surface area contributed by atoms with Gasteiger partial charge in [0.25, 0.3) is 5.91 Å². The van der Waals surface area contributed by atoms with E-state index in [0.717, 1.165) is 34.7 Å². The quantitative estimate of drug-likeness (QED) is 0.786. The Morgan fingerprint density at radius 1 is 1.04 bits per heavy atom.